The van der Waals surface area contributed by atoms with Crippen LogP contribution in [0.4, 0.5) is 0 Å². The molecule has 1 aliphatic heterocycles. The van der Waals surface area contributed by atoms with E-state index in [-0.39, 0.29) is 56.9 Å². The molecule has 1 aliphatic rings. The second-order valence-electron chi connectivity index (χ2n) is 4.79. The van der Waals surface area contributed by atoms with E-state index in [1.54, 1.807) is 6.92 Å². The molecule has 8 nitrogen and oxygen atoms in total. The zero-order valence-corrected chi connectivity index (χ0v) is 17.1. The topological polar surface area (TPSA) is 129 Å². The zero-order valence-electron chi connectivity index (χ0n) is 12.4. The number of carbonyl (C=O) groups is 1. The number of rotatable bonds is 5. The molecule has 1 rings (SSSR count). The largest absolute Gasteiger partial charge is 0.670 e. The minimum absolute atomic E-state index is 0. The maximum absolute atomic E-state index is 11.8. The molecule has 4 N–H and O–H groups in total. The summed E-state index contributed by atoms with van der Waals surface area (Å²) in [4.78, 5) is 11.8. The van der Waals surface area contributed by atoms with Crippen molar-refractivity contribution in [2.75, 3.05) is 14.2 Å². The van der Waals surface area contributed by atoms with E-state index < -0.39 is 42.2 Å². The first-order valence-electron chi connectivity index (χ1n) is 6.39. The molecular weight excluding hydrogens is 497 g/mol. The number of ether oxygens (including phenoxy) is 3. The molecule has 1 heterocycles. The third kappa shape index (κ3) is 4.58. The molecule has 0 bridgehead atoms. The summed E-state index contributed by atoms with van der Waals surface area (Å²) in [5, 5.41) is 29.6. The van der Waals surface area contributed by atoms with Crippen LogP contribution in [0.3, 0.4) is 0 Å². The van der Waals surface area contributed by atoms with E-state index >= 15 is 0 Å². The van der Waals surface area contributed by atoms with Crippen molar-refractivity contribution in [3.05, 3.63) is 5.73 Å². The summed E-state index contributed by atoms with van der Waals surface area (Å²) in [5.74, 6) is -2.75. The summed E-state index contributed by atoms with van der Waals surface area (Å²) < 4.78 is 15.0. The van der Waals surface area contributed by atoms with Gasteiger partial charge >= 0.3 is 5.97 Å². The Morgan fingerprint density at radius 1 is 1.48 bits per heavy atom. The zero-order chi connectivity index (χ0) is 15.5. The number of aliphatic hydroxyl groups excluding tert-OH is 3. The minimum Gasteiger partial charge on any atom is -0.670 e. The van der Waals surface area contributed by atoms with Gasteiger partial charge < -0.3 is 35.3 Å². The van der Waals surface area contributed by atoms with Crippen LogP contribution in [0.1, 0.15) is 19.8 Å². The maximum atomic E-state index is 11.8. The summed E-state index contributed by atoms with van der Waals surface area (Å²) >= 11 is 0. The molecular formula is C12H22AcNO7-. The Morgan fingerprint density at radius 2 is 2.05 bits per heavy atom. The van der Waals surface area contributed by atoms with Crippen LogP contribution in [0.15, 0.2) is 0 Å². The Labute approximate surface area is 159 Å². The molecule has 0 aromatic rings. The van der Waals surface area contributed by atoms with Gasteiger partial charge in [-0.2, -0.15) is 0 Å². The number of hydrogen-bond donors (Lipinski definition) is 3. The van der Waals surface area contributed by atoms with Crippen LogP contribution in [0.2, 0.25) is 0 Å². The summed E-state index contributed by atoms with van der Waals surface area (Å²) in [6, 6.07) is -1.21. The fourth-order valence-corrected chi connectivity index (χ4v) is 2.21. The Bertz CT molecular complexity index is 346. The van der Waals surface area contributed by atoms with Crippen LogP contribution in [-0.2, 0) is 19.0 Å². The molecule has 121 valence electrons. The van der Waals surface area contributed by atoms with Crippen molar-refractivity contribution in [1.29, 1.82) is 0 Å². The third-order valence-corrected chi connectivity index (χ3v) is 3.55. The van der Waals surface area contributed by atoms with Crippen LogP contribution in [0.25, 0.3) is 5.73 Å². The minimum atomic E-state index is -1.88. The van der Waals surface area contributed by atoms with Crippen molar-refractivity contribution in [2.24, 2.45) is 0 Å². The van der Waals surface area contributed by atoms with Crippen molar-refractivity contribution in [1.82, 2.24) is 0 Å². The average molecular weight is 519 g/mol. The number of esters is 1. The molecule has 0 aliphatic carbocycles. The molecule has 1 radical (unpaired) electrons. The second kappa shape index (κ2) is 9.09. The van der Waals surface area contributed by atoms with Gasteiger partial charge in [0.15, 0.2) is 0 Å². The molecule has 0 amide bonds. The van der Waals surface area contributed by atoms with E-state index in [9.17, 15) is 20.1 Å². The molecule has 9 heteroatoms. The monoisotopic (exact) mass is 519 g/mol. The SMILES string of the molecule is CCC(O)C(O)C1OC(OC)(C(=O)OC)CC(O)C1[NH-].[Ac]. The van der Waals surface area contributed by atoms with E-state index in [0.29, 0.717) is 0 Å². The van der Waals surface area contributed by atoms with Crippen LogP contribution in [0, 0.1) is 44.1 Å². The Morgan fingerprint density at radius 3 is 2.48 bits per heavy atom. The number of nitrogens with one attached hydrogen (secondary N) is 1. The van der Waals surface area contributed by atoms with E-state index in [2.05, 4.69) is 4.74 Å². The van der Waals surface area contributed by atoms with Gasteiger partial charge in [-0.3, -0.25) is 0 Å². The first-order chi connectivity index (χ1) is 9.32. The smallest absolute Gasteiger partial charge is 0.366 e. The van der Waals surface area contributed by atoms with E-state index in [4.69, 9.17) is 15.2 Å². The average Bonchev–Trinajstić information content (AvgIpc) is 2.47. The summed E-state index contributed by atoms with van der Waals surface area (Å²) in [6.45, 7) is 1.65. The van der Waals surface area contributed by atoms with Crippen molar-refractivity contribution >= 4 is 5.97 Å². The predicted molar refractivity (Wildman–Crippen MR) is 67.7 cm³/mol. The predicted octanol–water partition coefficient (Wildman–Crippen LogP) is -0.795. The fraction of sp³-hybridized carbons (Fsp3) is 0.917. The number of carbonyl (C=O) groups excluding carboxylic acids is 1. The summed E-state index contributed by atoms with van der Waals surface area (Å²) in [6.07, 6.45) is -5.13. The molecule has 1 fully saturated rings. The van der Waals surface area contributed by atoms with Crippen molar-refractivity contribution < 1.29 is 78.4 Å². The van der Waals surface area contributed by atoms with Gasteiger partial charge in [0, 0.05) is 63.7 Å². The van der Waals surface area contributed by atoms with Gasteiger partial charge in [-0.15, -0.1) is 0 Å². The Balaban J connectivity index is 0.00000400. The van der Waals surface area contributed by atoms with Crippen LogP contribution in [0.5, 0.6) is 0 Å². The van der Waals surface area contributed by atoms with Gasteiger partial charge in [-0.1, -0.05) is 13.0 Å². The van der Waals surface area contributed by atoms with Gasteiger partial charge in [-0.25, -0.2) is 4.79 Å². The molecule has 0 aromatic heterocycles. The van der Waals surface area contributed by atoms with E-state index in [1.165, 1.54) is 7.11 Å². The van der Waals surface area contributed by atoms with Crippen molar-refractivity contribution in [2.45, 2.75) is 56.0 Å². The first kappa shape index (κ1) is 21.7. The molecule has 21 heavy (non-hydrogen) atoms. The Kier molecular flexibility index (Phi) is 9.38. The van der Waals surface area contributed by atoms with Gasteiger partial charge in [0.25, 0.3) is 5.79 Å². The number of methoxy groups -OCH3 is 2. The molecule has 0 aromatic carbocycles. The van der Waals surface area contributed by atoms with Gasteiger partial charge in [0.2, 0.25) is 0 Å². The second-order valence-corrected chi connectivity index (χ2v) is 4.79. The fourth-order valence-electron chi connectivity index (χ4n) is 2.21. The van der Waals surface area contributed by atoms with Crippen LogP contribution < -0.4 is 0 Å². The van der Waals surface area contributed by atoms with Crippen LogP contribution >= 0.6 is 0 Å². The maximum Gasteiger partial charge on any atom is 0.366 e. The Hall–Kier alpha value is 0.672. The molecule has 6 unspecified atom stereocenters. The van der Waals surface area contributed by atoms with Gasteiger partial charge in [-0.05, 0) is 6.42 Å². The molecule has 0 saturated carbocycles. The number of aliphatic hydroxyl groups is 3. The van der Waals surface area contributed by atoms with Crippen molar-refractivity contribution in [3.63, 3.8) is 0 Å². The quantitative estimate of drug-likeness (QED) is 0.406. The third-order valence-electron chi connectivity index (χ3n) is 3.55. The normalized spacial score (nSPS) is 35.5. The molecule has 1 saturated heterocycles. The molecule has 6 atom stereocenters. The van der Waals surface area contributed by atoms with Crippen LogP contribution in [-0.4, -0.2) is 71.8 Å². The first-order valence-corrected chi connectivity index (χ1v) is 6.39. The standard InChI is InChI=1S/C12H22NO7.Ac/c1-4-6(14)9(16)10-8(13)7(15)5-12(19-3,20-10)11(17)18-2;/h6-10,13-16H,4-5H2,1-3H3;/q-1;. The molecule has 0 spiro atoms. The van der Waals surface area contributed by atoms with Crippen molar-refractivity contribution in [3.8, 4) is 0 Å². The summed E-state index contributed by atoms with van der Waals surface area (Å²) in [7, 11) is 2.34. The van der Waals surface area contributed by atoms with Gasteiger partial charge in [0.1, 0.15) is 6.10 Å². The van der Waals surface area contributed by atoms with Gasteiger partial charge in [0.05, 0.1) is 19.3 Å². The summed E-state index contributed by atoms with van der Waals surface area (Å²) in [5.41, 5.74) is 7.83. The van der Waals surface area contributed by atoms with E-state index in [0.717, 1.165) is 7.11 Å². The number of hydrogen-bond acceptors (Lipinski definition) is 7. The van der Waals surface area contributed by atoms with E-state index in [1.807, 2.05) is 0 Å².